The number of hydrogen-bond acceptors (Lipinski definition) is 3. The van der Waals surface area contributed by atoms with E-state index in [1.807, 2.05) is 0 Å². The Morgan fingerprint density at radius 3 is 2.56 bits per heavy atom. The molecular weight excluding hydrogens is 204 g/mol. The summed E-state index contributed by atoms with van der Waals surface area (Å²) in [5, 5.41) is 15.5. The highest BCUT2D eigenvalue weighted by Gasteiger charge is 2.30. The highest BCUT2D eigenvalue weighted by Crippen LogP contribution is 2.27. The number of hydrogen-bond donors (Lipinski definition) is 3. The van der Waals surface area contributed by atoms with Gasteiger partial charge < -0.3 is 15.7 Å². The van der Waals surface area contributed by atoms with Crippen LogP contribution in [0.1, 0.15) is 44.9 Å². The maximum absolute atomic E-state index is 11.0. The van der Waals surface area contributed by atoms with Crippen molar-refractivity contribution in [3.8, 4) is 0 Å². The lowest BCUT2D eigenvalue weighted by molar-refractivity contribution is -0.120. The number of aliphatic hydroxyl groups excluding tert-OH is 1. The smallest absolute Gasteiger partial charge is 0.219 e. The molecule has 1 aliphatic rings. The van der Waals surface area contributed by atoms with Crippen molar-refractivity contribution in [1.29, 1.82) is 0 Å². The van der Waals surface area contributed by atoms with Gasteiger partial charge in [-0.3, -0.25) is 4.79 Å². The van der Waals surface area contributed by atoms with E-state index in [1.54, 1.807) is 7.05 Å². The minimum atomic E-state index is -0.0685. The summed E-state index contributed by atoms with van der Waals surface area (Å²) in [6.45, 7) is 1.03. The van der Waals surface area contributed by atoms with Crippen molar-refractivity contribution in [1.82, 2.24) is 10.6 Å². The second kappa shape index (κ2) is 6.86. The van der Waals surface area contributed by atoms with Crippen molar-refractivity contribution in [3.05, 3.63) is 0 Å². The average molecular weight is 228 g/mol. The van der Waals surface area contributed by atoms with Crippen molar-refractivity contribution in [2.45, 2.75) is 50.5 Å². The topological polar surface area (TPSA) is 61.4 Å². The van der Waals surface area contributed by atoms with E-state index < -0.39 is 0 Å². The van der Waals surface area contributed by atoms with Gasteiger partial charge in [0.2, 0.25) is 5.91 Å². The lowest BCUT2D eigenvalue weighted by Gasteiger charge is -2.36. The Kier molecular flexibility index (Phi) is 5.77. The molecule has 16 heavy (non-hydrogen) atoms. The average Bonchev–Trinajstić information content (AvgIpc) is 2.35. The second-order valence-corrected chi connectivity index (χ2v) is 4.70. The quantitative estimate of drug-likeness (QED) is 0.589. The Hall–Kier alpha value is -0.610. The highest BCUT2D eigenvalue weighted by molar-refractivity contribution is 5.75. The maximum atomic E-state index is 11.0. The molecule has 94 valence electrons. The van der Waals surface area contributed by atoms with Crippen LogP contribution in [0.3, 0.4) is 0 Å². The molecule has 1 fully saturated rings. The van der Waals surface area contributed by atoms with Gasteiger partial charge in [-0.05, 0) is 25.8 Å². The standard InChI is InChI=1S/C12H24N2O2/c1-13-11(16)6-5-9-14-12(10-15)7-3-2-4-8-12/h14-15H,2-10H2,1H3,(H,13,16). The van der Waals surface area contributed by atoms with Crippen LogP contribution in [0.4, 0.5) is 0 Å². The van der Waals surface area contributed by atoms with Gasteiger partial charge in [0.1, 0.15) is 0 Å². The molecule has 0 spiro atoms. The van der Waals surface area contributed by atoms with Gasteiger partial charge in [0.15, 0.2) is 0 Å². The molecule has 0 aromatic carbocycles. The van der Waals surface area contributed by atoms with E-state index in [4.69, 9.17) is 0 Å². The van der Waals surface area contributed by atoms with Crippen molar-refractivity contribution >= 4 is 5.91 Å². The Labute approximate surface area is 97.8 Å². The summed E-state index contributed by atoms with van der Waals surface area (Å²) in [6, 6.07) is 0. The molecule has 0 aromatic heterocycles. The number of amides is 1. The first-order valence-corrected chi connectivity index (χ1v) is 6.29. The van der Waals surface area contributed by atoms with Gasteiger partial charge >= 0.3 is 0 Å². The summed E-state index contributed by atoms with van der Waals surface area (Å²) >= 11 is 0. The van der Waals surface area contributed by atoms with Crippen LogP contribution in [-0.4, -0.2) is 36.8 Å². The predicted octanol–water partition coefficient (Wildman–Crippen LogP) is 0.797. The number of carbonyl (C=O) groups excluding carboxylic acids is 1. The molecule has 0 bridgehead atoms. The molecule has 0 heterocycles. The Morgan fingerprint density at radius 1 is 1.31 bits per heavy atom. The fraction of sp³-hybridized carbons (Fsp3) is 0.917. The lowest BCUT2D eigenvalue weighted by Crippen LogP contribution is -2.50. The van der Waals surface area contributed by atoms with Crippen LogP contribution < -0.4 is 10.6 Å². The minimum Gasteiger partial charge on any atom is -0.394 e. The summed E-state index contributed by atoms with van der Waals surface area (Å²) < 4.78 is 0. The third-order valence-corrected chi connectivity index (χ3v) is 3.47. The van der Waals surface area contributed by atoms with Crippen LogP contribution >= 0.6 is 0 Å². The maximum Gasteiger partial charge on any atom is 0.219 e. The van der Waals surface area contributed by atoms with Crippen molar-refractivity contribution in [2.24, 2.45) is 0 Å². The van der Waals surface area contributed by atoms with Crippen LogP contribution in [-0.2, 0) is 4.79 Å². The fourth-order valence-electron chi connectivity index (χ4n) is 2.35. The van der Waals surface area contributed by atoms with Crippen LogP contribution in [0.5, 0.6) is 0 Å². The molecule has 1 rings (SSSR count). The SMILES string of the molecule is CNC(=O)CCCNC1(CO)CCCCC1. The normalized spacial score (nSPS) is 19.4. The zero-order valence-electron chi connectivity index (χ0n) is 10.2. The van der Waals surface area contributed by atoms with Gasteiger partial charge in [-0.1, -0.05) is 19.3 Å². The summed E-state index contributed by atoms with van der Waals surface area (Å²) in [5.74, 6) is 0.0866. The number of aliphatic hydroxyl groups is 1. The zero-order chi connectivity index (χ0) is 11.9. The zero-order valence-corrected chi connectivity index (χ0v) is 10.2. The molecule has 0 radical (unpaired) electrons. The van der Waals surface area contributed by atoms with Crippen molar-refractivity contribution < 1.29 is 9.90 Å². The van der Waals surface area contributed by atoms with Gasteiger partial charge in [0.05, 0.1) is 6.61 Å². The monoisotopic (exact) mass is 228 g/mol. The molecule has 3 N–H and O–H groups in total. The summed E-state index contributed by atoms with van der Waals surface area (Å²) in [4.78, 5) is 11.0. The molecule has 1 amide bonds. The number of nitrogens with one attached hydrogen (secondary N) is 2. The minimum absolute atomic E-state index is 0.0685. The molecule has 4 heteroatoms. The molecule has 4 nitrogen and oxygen atoms in total. The first kappa shape index (κ1) is 13.5. The molecule has 1 saturated carbocycles. The number of rotatable bonds is 6. The Balaban J connectivity index is 2.20. The fourth-order valence-corrected chi connectivity index (χ4v) is 2.35. The predicted molar refractivity (Wildman–Crippen MR) is 64.2 cm³/mol. The molecule has 0 atom stereocenters. The van der Waals surface area contributed by atoms with Crippen LogP contribution in [0.2, 0.25) is 0 Å². The molecular formula is C12H24N2O2. The van der Waals surface area contributed by atoms with E-state index in [1.165, 1.54) is 19.3 Å². The first-order valence-electron chi connectivity index (χ1n) is 6.29. The molecule has 0 unspecified atom stereocenters. The molecule has 0 aromatic rings. The van der Waals surface area contributed by atoms with E-state index in [-0.39, 0.29) is 18.1 Å². The lowest BCUT2D eigenvalue weighted by atomic mass is 9.82. The molecule has 1 aliphatic carbocycles. The third-order valence-electron chi connectivity index (χ3n) is 3.47. The van der Waals surface area contributed by atoms with Gasteiger partial charge in [-0.25, -0.2) is 0 Å². The largest absolute Gasteiger partial charge is 0.394 e. The van der Waals surface area contributed by atoms with E-state index in [0.29, 0.717) is 6.42 Å². The van der Waals surface area contributed by atoms with Crippen LogP contribution in [0.15, 0.2) is 0 Å². The van der Waals surface area contributed by atoms with Gasteiger partial charge in [0.25, 0.3) is 0 Å². The second-order valence-electron chi connectivity index (χ2n) is 4.70. The Morgan fingerprint density at radius 2 is 2.00 bits per heavy atom. The Bertz CT molecular complexity index is 213. The molecule has 0 aliphatic heterocycles. The van der Waals surface area contributed by atoms with E-state index >= 15 is 0 Å². The first-order chi connectivity index (χ1) is 7.72. The van der Waals surface area contributed by atoms with Gasteiger partial charge in [-0.2, -0.15) is 0 Å². The van der Waals surface area contributed by atoms with E-state index in [0.717, 1.165) is 25.8 Å². The van der Waals surface area contributed by atoms with Gasteiger partial charge in [-0.15, -0.1) is 0 Å². The van der Waals surface area contributed by atoms with Crippen LogP contribution in [0.25, 0.3) is 0 Å². The summed E-state index contributed by atoms with van der Waals surface area (Å²) in [6.07, 6.45) is 7.19. The summed E-state index contributed by atoms with van der Waals surface area (Å²) in [5.41, 5.74) is -0.0685. The van der Waals surface area contributed by atoms with E-state index in [2.05, 4.69) is 10.6 Å². The summed E-state index contributed by atoms with van der Waals surface area (Å²) in [7, 11) is 1.66. The van der Waals surface area contributed by atoms with E-state index in [9.17, 15) is 9.90 Å². The molecule has 0 saturated heterocycles. The van der Waals surface area contributed by atoms with Crippen molar-refractivity contribution in [3.63, 3.8) is 0 Å². The van der Waals surface area contributed by atoms with Crippen molar-refractivity contribution in [2.75, 3.05) is 20.2 Å². The number of carbonyl (C=O) groups is 1. The van der Waals surface area contributed by atoms with Crippen LogP contribution in [0, 0.1) is 0 Å². The highest BCUT2D eigenvalue weighted by atomic mass is 16.3. The third kappa shape index (κ3) is 4.10. The van der Waals surface area contributed by atoms with Gasteiger partial charge in [0, 0.05) is 19.0 Å².